The number of aryl methyl sites for hydroxylation is 1. The molecule has 0 bridgehead atoms. The molecule has 0 unspecified atom stereocenters. The van der Waals surface area contributed by atoms with Crippen LogP contribution in [0.5, 0.6) is 11.5 Å². The molecule has 0 aliphatic carbocycles. The van der Waals surface area contributed by atoms with Crippen molar-refractivity contribution in [1.29, 1.82) is 0 Å². The molecule has 0 aliphatic heterocycles. The zero-order valence-electron chi connectivity index (χ0n) is 12.9. The zero-order chi connectivity index (χ0) is 15.5. The van der Waals surface area contributed by atoms with Gasteiger partial charge in [-0.1, -0.05) is 6.07 Å². The molecular formula is C19H18O2S. The summed E-state index contributed by atoms with van der Waals surface area (Å²) < 4.78 is 10.6. The van der Waals surface area contributed by atoms with Gasteiger partial charge in [-0.15, -0.1) is 11.3 Å². The molecule has 0 saturated carbocycles. The van der Waals surface area contributed by atoms with Gasteiger partial charge in [-0.2, -0.15) is 0 Å². The summed E-state index contributed by atoms with van der Waals surface area (Å²) in [7, 11) is 3.39. The lowest BCUT2D eigenvalue weighted by Crippen LogP contribution is -1.84. The topological polar surface area (TPSA) is 18.5 Å². The smallest absolute Gasteiger partial charge is 0.119 e. The van der Waals surface area contributed by atoms with Crippen LogP contribution in [0.1, 0.15) is 5.56 Å². The lowest BCUT2D eigenvalue weighted by Gasteiger charge is -2.05. The standard InChI is InChI=1S/C19H18O2S/c1-13-10-15(12-17(11-13)21-3)19-9-8-18(22-19)14-4-6-16(20-2)7-5-14/h4-12H,1-3H3. The number of rotatable bonds is 4. The molecule has 2 aromatic carbocycles. The normalized spacial score (nSPS) is 10.5. The van der Waals surface area contributed by atoms with E-state index in [0.717, 1.165) is 11.5 Å². The minimum atomic E-state index is 0.879. The molecule has 0 amide bonds. The quantitative estimate of drug-likeness (QED) is 0.641. The van der Waals surface area contributed by atoms with E-state index in [0.29, 0.717) is 0 Å². The van der Waals surface area contributed by atoms with Gasteiger partial charge in [-0.3, -0.25) is 0 Å². The number of hydrogen-bond acceptors (Lipinski definition) is 3. The maximum atomic E-state index is 5.36. The van der Waals surface area contributed by atoms with Gasteiger partial charge in [0.25, 0.3) is 0 Å². The van der Waals surface area contributed by atoms with Crippen molar-refractivity contribution in [3.05, 3.63) is 60.2 Å². The molecule has 3 rings (SSSR count). The monoisotopic (exact) mass is 310 g/mol. The predicted molar refractivity (Wildman–Crippen MR) is 93.0 cm³/mol. The molecule has 22 heavy (non-hydrogen) atoms. The maximum Gasteiger partial charge on any atom is 0.119 e. The van der Waals surface area contributed by atoms with Crippen molar-refractivity contribution in [3.8, 4) is 32.4 Å². The molecule has 0 N–H and O–H groups in total. The summed E-state index contributed by atoms with van der Waals surface area (Å²) in [5, 5.41) is 0. The highest BCUT2D eigenvalue weighted by molar-refractivity contribution is 7.18. The van der Waals surface area contributed by atoms with Crippen LogP contribution in [-0.2, 0) is 0 Å². The van der Waals surface area contributed by atoms with Crippen LogP contribution in [0.2, 0.25) is 0 Å². The van der Waals surface area contributed by atoms with Gasteiger partial charge in [0, 0.05) is 9.75 Å². The van der Waals surface area contributed by atoms with Crippen LogP contribution >= 0.6 is 11.3 Å². The molecule has 3 aromatic rings. The average molecular weight is 310 g/mol. The molecule has 3 heteroatoms. The van der Waals surface area contributed by atoms with E-state index in [4.69, 9.17) is 9.47 Å². The Kier molecular flexibility index (Phi) is 4.16. The molecule has 0 saturated heterocycles. The second-order valence-electron chi connectivity index (χ2n) is 5.13. The van der Waals surface area contributed by atoms with Crippen LogP contribution in [0.4, 0.5) is 0 Å². The molecular weight excluding hydrogens is 292 g/mol. The minimum absolute atomic E-state index is 0.879. The highest BCUT2D eigenvalue weighted by atomic mass is 32.1. The lowest BCUT2D eigenvalue weighted by molar-refractivity contribution is 0.414. The molecule has 2 nitrogen and oxygen atoms in total. The SMILES string of the molecule is COc1ccc(-c2ccc(-c3cc(C)cc(OC)c3)s2)cc1. The fourth-order valence-electron chi connectivity index (χ4n) is 2.41. The Morgan fingerprint density at radius 1 is 0.682 bits per heavy atom. The Morgan fingerprint density at radius 2 is 1.32 bits per heavy atom. The number of benzene rings is 2. The van der Waals surface area contributed by atoms with E-state index in [9.17, 15) is 0 Å². The lowest BCUT2D eigenvalue weighted by atomic mass is 10.1. The zero-order valence-corrected chi connectivity index (χ0v) is 13.7. The van der Waals surface area contributed by atoms with Gasteiger partial charge in [0.15, 0.2) is 0 Å². The van der Waals surface area contributed by atoms with Crippen LogP contribution in [0.15, 0.2) is 54.6 Å². The number of thiophene rings is 1. The molecule has 0 atom stereocenters. The third-order valence-electron chi connectivity index (χ3n) is 3.55. The highest BCUT2D eigenvalue weighted by Gasteiger charge is 2.07. The van der Waals surface area contributed by atoms with Gasteiger partial charge in [0.1, 0.15) is 11.5 Å². The van der Waals surface area contributed by atoms with Crippen LogP contribution in [0.25, 0.3) is 20.9 Å². The first-order valence-corrected chi connectivity index (χ1v) is 7.91. The molecule has 0 fully saturated rings. The van der Waals surface area contributed by atoms with E-state index in [2.05, 4.69) is 43.3 Å². The Hall–Kier alpha value is -2.26. The Bertz CT molecular complexity index is 772. The third-order valence-corrected chi connectivity index (χ3v) is 4.74. The largest absolute Gasteiger partial charge is 0.497 e. The van der Waals surface area contributed by atoms with Gasteiger partial charge in [0.2, 0.25) is 0 Å². The number of methoxy groups -OCH3 is 2. The van der Waals surface area contributed by atoms with Crippen molar-refractivity contribution in [2.45, 2.75) is 6.92 Å². The maximum absolute atomic E-state index is 5.36. The van der Waals surface area contributed by atoms with Crippen LogP contribution in [-0.4, -0.2) is 14.2 Å². The van der Waals surface area contributed by atoms with Crippen molar-refractivity contribution in [2.75, 3.05) is 14.2 Å². The molecule has 0 spiro atoms. The van der Waals surface area contributed by atoms with Gasteiger partial charge >= 0.3 is 0 Å². The van der Waals surface area contributed by atoms with Gasteiger partial charge < -0.3 is 9.47 Å². The van der Waals surface area contributed by atoms with Crippen molar-refractivity contribution < 1.29 is 9.47 Å². The molecule has 0 aliphatic rings. The second kappa shape index (κ2) is 6.24. The van der Waals surface area contributed by atoms with Gasteiger partial charge in [-0.05, 0) is 72.1 Å². The van der Waals surface area contributed by atoms with E-state index in [1.165, 1.54) is 26.4 Å². The highest BCUT2D eigenvalue weighted by Crippen LogP contribution is 2.36. The van der Waals surface area contributed by atoms with Gasteiger partial charge in [-0.25, -0.2) is 0 Å². The summed E-state index contributed by atoms with van der Waals surface area (Å²) in [5.74, 6) is 1.78. The van der Waals surface area contributed by atoms with Crippen molar-refractivity contribution in [2.24, 2.45) is 0 Å². The summed E-state index contributed by atoms with van der Waals surface area (Å²) >= 11 is 1.78. The molecule has 1 aromatic heterocycles. The summed E-state index contributed by atoms with van der Waals surface area (Å²) in [5.41, 5.74) is 3.60. The predicted octanol–water partition coefficient (Wildman–Crippen LogP) is 5.41. The van der Waals surface area contributed by atoms with E-state index < -0.39 is 0 Å². The Morgan fingerprint density at radius 3 is 1.95 bits per heavy atom. The van der Waals surface area contributed by atoms with Crippen LogP contribution in [0, 0.1) is 6.92 Å². The fraction of sp³-hybridized carbons (Fsp3) is 0.158. The fourth-order valence-corrected chi connectivity index (χ4v) is 3.41. The first kappa shape index (κ1) is 14.7. The molecule has 112 valence electrons. The van der Waals surface area contributed by atoms with E-state index in [-0.39, 0.29) is 0 Å². The minimum Gasteiger partial charge on any atom is -0.497 e. The molecule has 0 radical (unpaired) electrons. The van der Waals surface area contributed by atoms with Crippen molar-refractivity contribution in [3.63, 3.8) is 0 Å². The van der Waals surface area contributed by atoms with Crippen LogP contribution < -0.4 is 9.47 Å². The Labute approximate surface area is 135 Å². The van der Waals surface area contributed by atoms with Crippen molar-refractivity contribution in [1.82, 2.24) is 0 Å². The third kappa shape index (κ3) is 3.00. The summed E-state index contributed by atoms with van der Waals surface area (Å²) in [6.07, 6.45) is 0. The first-order valence-electron chi connectivity index (χ1n) is 7.10. The summed E-state index contributed by atoms with van der Waals surface area (Å²) in [4.78, 5) is 2.49. The van der Waals surface area contributed by atoms with Crippen LogP contribution in [0.3, 0.4) is 0 Å². The van der Waals surface area contributed by atoms with E-state index in [1.54, 1.807) is 25.6 Å². The number of hydrogen-bond donors (Lipinski definition) is 0. The number of ether oxygens (including phenoxy) is 2. The van der Waals surface area contributed by atoms with Crippen molar-refractivity contribution >= 4 is 11.3 Å². The molecule has 1 heterocycles. The summed E-state index contributed by atoms with van der Waals surface area (Å²) in [6, 6.07) is 18.8. The van der Waals surface area contributed by atoms with Gasteiger partial charge in [0.05, 0.1) is 14.2 Å². The Balaban J connectivity index is 1.94. The first-order chi connectivity index (χ1) is 10.7. The second-order valence-corrected chi connectivity index (χ2v) is 6.22. The summed E-state index contributed by atoms with van der Waals surface area (Å²) in [6.45, 7) is 2.09. The average Bonchev–Trinajstić information content (AvgIpc) is 3.04. The van der Waals surface area contributed by atoms with E-state index in [1.807, 2.05) is 18.2 Å². The van der Waals surface area contributed by atoms with E-state index >= 15 is 0 Å².